The molecule has 0 amide bonds. The zero-order chi connectivity index (χ0) is 12.8. The van der Waals surface area contributed by atoms with E-state index in [0.29, 0.717) is 6.04 Å². The third-order valence-electron chi connectivity index (χ3n) is 3.44. The van der Waals surface area contributed by atoms with E-state index in [1.807, 2.05) is 0 Å². The summed E-state index contributed by atoms with van der Waals surface area (Å²) in [4.78, 5) is 16.3. The number of hydrogen-bond donors (Lipinski definition) is 1. The quantitative estimate of drug-likeness (QED) is 0.691. The second-order valence-corrected chi connectivity index (χ2v) is 4.82. The van der Waals surface area contributed by atoms with Gasteiger partial charge in [0.1, 0.15) is 6.04 Å². The Hall–Kier alpha value is -0.650. The van der Waals surface area contributed by atoms with Gasteiger partial charge in [-0.3, -0.25) is 9.69 Å². The summed E-state index contributed by atoms with van der Waals surface area (Å²) in [5, 5.41) is 3.02. The number of methoxy groups -OCH3 is 1. The number of rotatable bonds is 4. The van der Waals surface area contributed by atoms with Gasteiger partial charge in [0.15, 0.2) is 0 Å². The first-order valence-corrected chi connectivity index (χ1v) is 6.26. The highest BCUT2D eigenvalue weighted by molar-refractivity contribution is 5.75. The Kier molecular flexibility index (Phi) is 5.88. The van der Waals surface area contributed by atoms with Gasteiger partial charge < -0.3 is 15.0 Å². The molecule has 17 heavy (non-hydrogen) atoms. The number of ether oxygens (including phenoxy) is 1. The summed E-state index contributed by atoms with van der Waals surface area (Å²) in [5.41, 5.74) is 0. The Morgan fingerprint density at radius 3 is 2.82 bits per heavy atom. The summed E-state index contributed by atoms with van der Waals surface area (Å²) < 4.78 is 4.79. The number of carbonyl (C=O) groups is 1. The van der Waals surface area contributed by atoms with E-state index in [4.69, 9.17) is 4.74 Å². The maximum Gasteiger partial charge on any atom is 0.324 e. The van der Waals surface area contributed by atoms with E-state index in [-0.39, 0.29) is 12.0 Å². The molecule has 0 saturated carbocycles. The van der Waals surface area contributed by atoms with Crippen LogP contribution in [0.25, 0.3) is 0 Å². The van der Waals surface area contributed by atoms with Gasteiger partial charge in [-0.2, -0.15) is 0 Å². The molecule has 1 fully saturated rings. The number of carbonyl (C=O) groups excluding carboxylic acids is 1. The number of esters is 1. The van der Waals surface area contributed by atoms with Crippen LogP contribution in [0.1, 0.15) is 13.3 Å². The van der Waals surface area contributed by atoms with Crippen molar-refractivity contribution in [1.29, 1.82) is 0 Å². The van der Waals surface area contributed by atoms with Crippen LogP contribution < -0.4 is 5.32 Å². The molecule has 0 aromatic carbocycles. The zero-order valence-electron chi connectivity index (χ0n) is 11.4. The fourth-order valence-corrected chi connectivity index (χ4v) is 2.35. The lowest BCUT2D eigenvalue weighted by molar-refractivity contribution is -0.143. The van der Waals surface area contributed by atoms with Crippen LogP contribution in [0.3, 0.4) is 0 Å². The van der Waals surface area contributed by atoms with Gasteiger partial charge in [-0.15, -0.1) is 0 Å². The summed E-state index contributed by atoms with van der Waals surface area (Å²) in [6, 6.07) is 0.244. The van der Waals surface area contributed by atoms with Crippen LogP contribution >= 0.6 is 0 Å². The van der Waals surface area contributed by atoms with Crippen molar-refractivity contribution in [2.45, 2.75) is 25.4 Å². The lowest BCUT2D eigenvalue weighted by Gasteiger charge is -2.30. The van der Waals surface area contributed by atoms with Gasteiger partial charge in [-0.25, -0.2) is 0 Å². The van der Waals surface area contributed by atoms with E-state index in [9.17, 15) is 4.79 Å². The highest BCUT2D eigenvalue weighted by Gasteiger charge is 2.25. The molecule has 1 heterocycles. The minimum absolute atomic E-state index is 0.183. The smallest absolute Gasteiger partial charge is 0.324 e. The molecule has 2 unspecified atom stereocenters. The van der Waals surface area contributed by atoms with E-state index in [0.717, 1.165) is 32.6 Å². The van der Waals surface area contributed by atoms with Crippen LogP contribution in [0.2, 0.25) is 0 Å². The molecule has 100 valence electrons. The van der Waals surface area contributed by atoms with E-state index in [2.05, 4.69) is 29.1 Å². The predicted octanol–water partition coefficient (Wildman–Crippen LogP) is -0.227. The molecule has 5 nitrogen and oxygen atoms in total. The van der Waals surface area contributed by atoms with Crippen LogP contribution in [0.15, 0.2) is 0 Å². The Balaban J connectivity index is 2.55. The molecule has 0 spiro atoms. The average Bonchev–Trinajstić information content (AvgIpc) is 2.46. The SMILES string of the molecule is CNC(CN1CCCN(C)CC1C)C(=O)OC. The first kappa shape index (κ1) is 14.4. The van der Waals surface area contributed by atoms with Crippen molar-refractivity contribution in [3.63, 3.8) is 0 Å². The second kappa shape index (κ2) is 6.93. The summed E-state index contributed by atoms with van der Waals surface area (Å²) in [5.74, 6) is -0.183. The molecule has 0 aliphatic carbocycles. The van der Waals surface area contributed by atoms with Crippen LogP contribution in [0.5, 0.6) is 0 Å². The van der Waals surface area contributed by atoms with Gasteiger partial charge in [0.05, 0.1) is 7.11 Å². The fourth-order valence-electron chi connectivity index (χ4n) is 2.35. The summed E-state index contributed by atoms with van der Waals surface area (Å²) in [6.07, 6.45) is 1.15. The molecule has 0 aromatic heterocycles. The molecular weight excluding hydrogens is 218 g/mol. The van der Waals surface area contributed by atoms with Crippen LogP contribution in [0.4, 0.5) is 0 Å². The van der Waals surface area contributed by atoms with Gasteiger partial charge in [0.25, 0.3) is 0 Å². The van der Waals surface area contributed by atoms with E-state index in [1.54, 1.807) is 7.05 Å². The summed E-state index contributed by atoms with van der Waals surface area (Å²) in [7, 11) is 5.39. The fraction of sp³-hybridized carbons (Fsp3) is 0.917. The molecule has 1 N–H and O–H groups in total. The van der Waals surface area contributed by atoms with Crippen molar-refractivity contribution < 1.29 is 9.53 Å². The molecule has 1 aliphatic heterocycles. The molecule has 0 bridgehead atoms. The van der Waals surface area contributed by atoms with E-state index >= 15 is 0 Å². The van der Waals surface area contributed by atoms with Crippen molar-refractivity contribution in [2.75, 3.05) is 47.4 Å². The number of nitrogens with zero attached hydrogens (tertiary/aromatic N) is 2. The molecule has 0 aromatic rings. The minimum atomic E-state index is -0.231. The summed E-state index contributed by atoms with van der Waals surface area (Å²) >= 11 is 0. The molecule has 0 radical (unpaired) electrons. The Bertz CT molecular complexity index is 248. The summed E-state index contributed by atoms with van der Waals surface area (Å²) in [6.45, 7) is 6.16. The highest BCUT2D eigenvalue weighted by atomic mass is 16.5. The van der Waals surface area contributed by atoms with Crippen LogP contribution in [0, 0.1) is 0 Å². The molecule has 1 rings (SSSR count). The van der Waals surface area contributed by atoms with Gasteiger partial charge in [-0.05, 0) is 40.5 Å². The Labute approximate surface area is 104 Å². The number of hydrogen-bond acceptors (Lipinski definition) is 5. The maximum absolute atomic E-state index is 11.6. The van der Waals surface area contributed by atoms with E-state index < -0.39 is 0 Å². The maximum atomic E-state index is 11.6. The first-order chi connectivity index (χ1) is 8.08. The molecule has 1 aliphatic rings. The predicted molar refractivity (Wildman–Crippen MR) is 68.0 cm³/mol. The Morgan fingerprint density at radius 2 is 2.24 bits per heavy atom. The molecule has 2 atom stereocenters. The monoisotopic (exact) mass is 243 g/mol. The van der Waals surface area contributed by atoms with Crippen molar-refractivity contribution in [2.24, 2.45) is 0 Å². The van der Waals surface area contributed by atoms with Crippen LogP contribution in [-0.2, 0) is 9.53 Å². The molecular formula is C12H25N3O2. The topological polar surface area (TPSA) is 44.8 Å². The average molecular weight is 243 g/mol. The van der Waals surface area contributed by atoms with Crippen molar-refractivity contribution >= 4 is 5.97 Å². The highest BCUT2D eigenvalue weighted by Crippen LogP contribution is 2.09. The second-order valence-electron chi connectivity index (χ2n) is 4.82. The number of nitrogens with one attached hydrogen (secondary N) is 1. The Morgan fingerprint density at radius 1 is 1.53 bits per heavy atom. The molecule has 1 saturated heterocycles. The van der Waals surface area contributed by atoms with Gasteiger partial charge in [0.2, 0.25) is 0 Å². The largest absolute Gasteiger partial charge is 0.468 e. The van der Waals surface area contributed by atoms with Crippen LogP contribution in [-0.4, -0.2) is 75.2 Å². The standard InChI is InChI=1S/C12H25N3O2/c1-10-8-14(3)6-5-7-15(10)9-11(13-2)12(16)17-4/h10-11,13H,5-9H2,1-4H3. The number of likely N-dealkylation sites (N-methyl/N-ethyl adjacent to an activating group) is 2. The third kappa shape index (κ3) is 4.26. The minimum Gasteiger partial charge on any atom is -0.468 e. The zero-order valence-corrected chi connectivity index (χ0v) is 11.4. The lowest BCUT2D eigenvalue weighted by Crippen LogP contribution is -2.49. The first-order valence-electron chi connectivity index (χ1n) is 6.26. The van der Waals surface area contributed by atoms with Crippen molar-refractivity contribution in [3.8, 4) is 0 Å². The van der Waals surface area contributed by atoms with Gasteiger partial charge in [-0.1, -0.05) is 0 Å². The van der Waals surface area contributed by atoms with Gasteiger partial charge in [0, 0.05) is 19.1 Å². The van der Waals surface area contributed by atoms with E-state index in [1.165, 1.54) is 7.11 Å². The third-order valence-corrected chi connectivity index (χ3v) is 3.44. The molecule has 5 heteroatoms. The van der Waals surface area contributed by atoms with Crippen molar-refractivity contribution in [3.05, 3.63) is 0 Å². The van der Waals surface area contributed by atoms with Gasteiger partial charge >= 0.3 is 5.97 Å². The van der Waals surface area contributed by atoms with Crippen molar-refractivity contribution in [1.82, 2.24) is 15.1 Å². The normalized spacial score (nSPS) is 25.3. The lowest BCUT2D eigenvalue weighted by atomic mass is 10.2.